The molecule has 5 heteroatoms. The van der Waals surface area contributed by atoms with Crippen LogP contribution in [0, 0.1) is 13.8 Å². The lowest BCUT2D eigenvalue weighted by atomic mass is 9.85. The summed E-state index contributed by atoms with van der Waals surface area (Å²) in [5.74, 6) is 3.08. The van der Waals surface area contributed by atoms with Crippen LogP contribution >= 0.6 is 0 Å². The van der Waals surface area contributed by atoms with Crippen LogP contribution in [0.4, 0.5) is 22.7 Å². The zero-order chi connectivity index (χ0) is 40.7. The molecule has 58 heavy (non-hydrogen) atoms. The molecule has 0 fully saturated rings. The van der Waals surface area contributed by atoms with Gasteiger partial charge in [0.15, 0.2) is 0 Å². The van der Waals surface area contributed by atoms with E-state index in [-0.39, 0.29) is 5.41 Å². The quantitative estimate of drug-likeness (QED) is 0.146. The van der Waals surface area contributed by atoms with Gasteiger partial charge in [-0.25, -0.2) is 4.98 Å². The molecule has 0 saturated carbocycles. The van der Waals surface area contributed by atoms with E-state index in [4.69, 9.17) is 9.72 Å². The fourth-order valence-electron chi connectivity index (χ4n) is 8.17. The predicted octanol–water partition coefficient (Wildman–Crippen LogP) is 15.3. The van der Waals surface area contributed by atoms with Crippen LogP contribution in [-0.2, 0) is 5.41 Å². The summed E-state index contributed by atoms with van der Waals surface area (Å²) in [4.78, 5) is 4.90. The van der Waals surface area contributed by atoms with Crippen molar-refractivity contribution in [1.29, 1.82) is 0 Å². The van der Waals surface area contributed by atoms with E-state index >= 15 is 0 Å². The lowest BCUT2D eigenvalue weighted by molar-refractivity contribution is 0.484. The molecule has 0 spiro atoms. The molecule has 0 aliphatic heterocycles. The number of rotatable bonds is 10. The van der Waals surface area contributed by atoms with Crippen molar-refractivity contribution in [2.45, 2.75) is 79.6 Å². The van der Waals surface area contributed by atoms with Crippen LogP contribution < -0.4 is 15.4 Å². The molecule has 2 aromatic heterocycles. The van der Waals surface area contributed by atoms with Gasteiger partial charge in [0.1, 0.15) is 17.3 Å². The predicted molar refractivity (Wildman–Crippen MR) is 246 cm³/mol. The number of pyridine rings is 1. The van der Waals surface area contributed by atoms with Gasteiger partial charge >= 0.3 is 0 Å². The first kappa shape index (κ1) is 38.5. The molecular formula is C53H54N4O. The molecule has 0 saturated heterocycles. The van der Waals surface area contributed by atoms with Crippen molar-refractivity contribution in [3.8, 4) is 28.4 Å². The van der Waals surface area contributed by atoms with Gasteiger partial charge in [0.2, 0.25) is 0 Å². The van der Waals surface area contributed by atoms with E-state index in [1.165, 1.54) is 38.8 Å². The molecule has 0 aliphatic carbocycles. The standard InChI is InChI=1S/C53H54N4O/c1-33(2)42-19-15-20-43(34(3)4)51(42)37-28-39(55-46-21-11-12-22-47(46)56-52-35(5)16-14-17-36(52)6)31-41(29-37)58-40-24-25-45-44-18-10-13-23-48(44)57(49(45)32-40)50-30-38(26-27-54-50)53(7,8)9/h10-34,55-56H,1-9H3. The molecule has 5 nitrogen and oxygen atoms in total. The molecule has 0 amide bonds. The van der Waals surface area contributed by atoms with Crippen LogP contribution in [0.2, 0.25) is 0 Å². The number of nitrogens with zero attached hydrogens (tertiary/aromatic N) is 2. The minimum absolute atomic E-state index is 0.0128. The molecule has 0 atom stereocenters. The van der Waals surface area contributed by atoms with Gasteiger partial charge in [-0.15, -0.1) is 0 Å². The number of aryl methyl sites for hydroxylation is 2. The van der Waals surface area contributed by atoms with E-state index in [0.29, 0.717) is 11.8 Å². The summed E-state index contributed by atoms with van der Waals surface area (Å²) in [5, 5.41) is 9.88. The van der Waals surface area contributed by atoms with Crippen molar-refractivity contribution in [3.05, 3.63) is 167 Å². The Hall–Kier alpha value is -6.33. The summed E-state index contributed by atoms with van der Waals surface area (Å²) in [6.07, 6.45) is 1.92. The molecule has 8 rings (SSSR count). The first-order valence-corrected chi connectivity index (χ1v) is 20.5. The highest BCUT2D eigenvalue weighted by molar-refractivity contribution is 6.09. The Morgan fingerprint density at radius 3 is 1.91 bits per heavy atom. The van der Waals surface area contributed by atoms with E-state index in [0.717, 1.165) is 62.0 Å². The van der Waals surface area contributed by atoms with E-state index in [1.807, 2.05) is 6.20 Å². The van der Waals surface area contributed by atoms with Crippen LogP contribution in [0.15, 0.2) is 140 Å². The van der Waals surface area contributed by atoms with Crippen LogP contribution in [0.25, 0.3) is 38.8 Å². The van der Waals surface area contributed by atoms with Gasteiger partial charge in [0.25, 0.3) is 0 Å². The number of hydrogen-bond donors (Lipinski definition) is 2. The Kier molecular flexibility index (Phi) is 10.3. The smallest absolute Gasteiger partial charge is 0.137 e. The third-order valence-electron chi connectivity index (χ3n) is 11.2. The first-order valence-electron chi connectivity index (χ1n) is 20.5. The molecule has 0 bridgehead atoms. The van der Waals surface area contributed by atoms with Gasteiger partial charge in [0.05, 0.1) is 22.4 Å². The molecular weight excluding hydrogens is 709 g/mol. The largest absolute Gasteiger partial charge is 0.457 e. The second-order valence-corrected chi connectivity index (χ2v) is 17.2. The number of para-hydroxylation sites is 4. The number of fused-ring (bicyclic) bond motifs is 3. The van der Waals surface area contributed by atoms with Gasteiger partial charge in [-0.3, -0.25) is 4.57 Å². The number of hydrogen-bond acceptors (Lipinski definition) is 4. The average molecular weight is 763 g/mol. The lowest BCUT2D eigenvalue weighted by Gasteiger charge is -2.22. The molecule has 2 heterocycles. The number of nitrogens with one attached hydrogen (secondary N) is 2. The third kappa shape index (κ3) is 7.57. The Balaban J connectivity index is 1.27. The molecule has 0 unspecified atom stereocenters. The van der Waals surface area contributed by atoms with Crippen molar-refractivity contribution in [3.63, 3.8) is 0 Å². The summed E-state index contributed by atoms with van der Waals surface area (Å²) in [6.45, 7) is 20.1. The highest BCUT2D eigenvalue weighted by Gasteiger charge is 2.20. The Bertz CT molecular complexity index is 2740. The van der Waals surface area contributed by atoms with Crippen molar-refractivity contribution >= 4 is 44.6 Å². The van der Waals surface area contributed by atoms with Crippen molar-refractivity contribution in [1.82, 2.24) is 9.55 Å². The van der Waals surface area contributed by atoms with Gasteiger partial charge in [-0.2, -0.15) is 0 Å². The van der Waals surface area contributed by atoms with Crippen LogP contribution in [0.3, 0.4) is 0 Å². The highest BCUT2D eigenvalue weighted by atomic mass is 16.5. The summed E-state index contributed by atoms with van der Waals surface area (Å²) in [5.41, 5.74) is 14.9. The fourth-order valence-corrected chi connectivity index (χ4v) is 8.17. The molecule has 0 radical (unpaired) electrons. The average Bonchev–Trinajstić information content (AvgIpc) is 3.53. The Morgan fingerprint density at radius 2 is 1.22 bits per heavy atom. The van der Waals surface area contributed by atoms with E-state index in [1.54, 1.807) is 0 Å². The van der Waals surface area contributed by atoms with Gasteiger partial charge in [0, 0.05) is 40.5 Å². The molecule has 8 aromatic rings. The maximum Gasteiger partial charge on any atom is 0.137 e. The van der Waals surface area contributed by atoms with Crippen LogP contribution in [0.1, 0.15) is 88.1 Å². The zero-order valence-electron chi connectivity index (χ0n) is 35.2. The number of ether oxygens (including phenoxy) is 1. The van der Waals surface area contributed by atoms with Gasteiger partial charge in [-0.05, 0) is 125 Å². The summed E-state index contributed by atoms with van der Waals surface area (Å²) in [6, 6.07) is 47.4. The Morgan fingerprint density at radius 1 is 0.586 bits per heavy atom. The monoisotopic (exact) mass is 762 g/mol. The fraction of sp³-hybridized carbons (Fsp3) is 0.226. The van der Waals surface area contributed by atoms with E-state index in [2.05, 4.69) is 211 Å². The zero-order valence-corrected chi connectivity index (χ0v) is 35.2. The van der Waals surface area contributed by atoms with Crippen LogP contribution in [-0.4, -0.2) is 9.55 Å². The minimum Gasteiger partial charge on any atom is -0.457 e. The van der Waals surface area contributed by atoms with Crippen molar-refractivity contribution < 1.29 is 4.74 Å². The van der Waals surface area contributed by atoms with E-state index < -0.39 is 0 Å². The molecule has 292 valence electrons. The van der Waals surface area contributed by atoms with Crippen molar-refractivity contribution in [2.24, 2.45) is 0 Å². The summed E-state index contributed by atoms with van der Waals surface area (Å²) >= 11 is 0. The Labute approximate surface area is 343 Å². The van der Waals surface area contributed by atoms with Gasteiger partial charge in [-0.1, -0.05) is 115 Å². The second kappa shape index (κ2) is 15.5. The molecule has 0 aliphatic rings. The summed E-state index contributed by atoms with van der Waals surface area (Å²) in [7, 11) is 0. The molecule has 2 N–H and O–H groups in total. The minimum atomic E-state index is -0.0128. The van der Waals surface area contributed by atoms with E-state index in [9.17, 15) is 0 Å². The van der Waals surface area contributed by atoms with Gasteiger partial charge < -0.3 is 15.4 Å². The highest BCUT2D eigenvalue weighted by Crippen LogP contribution is 2.42. The maximum absolute atomic E-state index is 6.96. The third-order valence-corrected chi connectivity index (χ3v) is 11.2. The molecule has 6 aromatic carbocycles. The number of anilines is 4. The number of aromatic nitrogens is 2. The summed E-state index contributed by atoms with van der Waals surface area (Å²) < 4.78 is 9.23. The number of benzene rings is 6. The lowest BCUT2D eigenvalue weighted by Crippen LogP contribution is -2.12. The first-order chi connectivity index (χ1) is 27.9. The topological polar surface area (TPSA) is 51.1 Å². The SMILES string of the molecule is Cc1cccc(C)c1Nc1ccccc1Nc1cc(Oc2ccc3c4ccccc4n(-c4cc(C(C)(C)C)ccn4)c3c2)cc(-c2c(C(C)C)cccc2C(C)C)c1. The van der Waals surface area contributed by atoms with Crippen LogP contribution in [0.5, 0.6) is 11.5 Å². The second-order valence-electron chi connectivity index (χ2n) is 17.2. The van der Waals surface area contributed by atoms with Crippen molar-refractivity contribution in [2.75, 3.05) is 10.6 Å². The normalized spacial score (nSPS) is 11.8. The maximum atomic E-state index is 6.96.